The molecular formula is C15H22ClNO3. The van der Waals surface area contributed by atoms with E-state index in [1.165, 1.54) is 0 Å². The van der Waals surface area contributed by atoms with Crippen molar-refractivity contribution in [1.82, 2.24) is 5.32 Å². The molecule has 0 saturated heterocycles. The molecule has 4 nitrogen and oxygen atoms in total. The van der Waals surface area contributed by atoms with E-state index in [0.717, 1.165) is 0 Å². The summed E-state index contributed by atoms with van der Waals surface area (Å²) in [6.07, 6.45) is -0.649. The highest BCUT2D eigenvalue weighted by atomic mass is 35.5. The van der Waals surface area contributed by atoms with Crippen molar-refractivity contribution in [1.29, 1.82) is 0 Å². The molecule has 1 amide bonds. The molecule has 1 rings (SSSR count). The van der Waals surface area contributed by atoms with E-state index in [0.29, 0.717) is 17.3 Å². The van der Waals surface area contributed by atoms with Gasteiger partial charge in [-0.15, -0.1) is 0 Å². The van der Waals surface area contributed by atoms with E-state index < -0.39 is 6.10 Å². The fourth-order valence-corrected chi connectivity index (χ4v) is 1.67. The minimum Gasteiger partial charge on any atom is -0.489 e. The van der Waals surface area contributed by atoms with Gasteiger partial charge >= 0.3 is 0 Å². The van der Waals surface area contributed by atoms with Gasteiger partial charge in [0.2, 0.25) is 5.91 Å². The Morgan fingerprint density at radius 1 is 1.30 bits per heavy atom. The molecule has 0 heterocycles. The number of carbonyl (C=O) groups is 1. The maximum Gasteiger partial charge on any atom is 0.222 e. The third-order valence-electron chi connectivity index (χ3n) is 2.90. The lowest BCUT2D eigenvalue weighted by Gasteiger charge is -2.17. The molecule has 20 heavy (non-hydrogen) atoms. The fourth-order valence-electron chi connectivity index (χ4n) is 1.54. The van der Waals surface area contributed by atoms with Crippen molar-refractivity contribution in [3.05, 3.63) is 29.3 Å². The minimum atomic E-state index is -0.609. The Balaban J connectivity index is 2.30. The largest absolute Gasteiger partial charge is 0.489 e. The zero-order valence-electron chi connectivity index (χ0n) is 12.1. The molecule has 0 aliphatic carbocycles. The van der Waals surface area contributed by atoms with Gasteiger partial charge in [0.15, 0.2) is 0 Å². The molecule has 112 valence electrons. The number of hydrogen-bond donors (Lipinski definition) is 2. The van der Waals surface area contributed by atoms with Gasteiger partial charge in [-0.2, -0.15) is 0 Å². The van der Waals surface area contributed by atoms with E-state index in [4.69, 9.17) is 16.3 Å². The second-order valence-electron chi connectivity index (χ2n) is 5.20. The van der Waals surface area contributed by atoms with Crippen LogP contribution in [0.15, 0.2) is 24.3 Å². The van der Waals surface area contributed by atoms with Gasteiger partial charge in [-0.25, -0.2) is 0 Å². The molecular weight excluding hydrogens is 278 g/mol. The zero-order valence-corrected chi connectivity index (χ0v) is 12.9. The molecule has 0 saturated carbocycles. The maximum absolute atomic E-state index is 11.6. The van der Waals surface area contributed by atoms with Crippen LogP contribution >= 0.6 is 11.6 Å². The lowest BCUT2D eigenvalue weighted by Crippen LogP contribution is -2.36. The van der Waals surface area contributed by atoms with Gasteiger partial charge in [0, 0.05) is 5.02 Å². The average Bonchev–Trinajstić information content (AvgIpc) is 2.39. The predicted octanol–water partition coefficient (Wildman–Crippen LogP) is 2.63. The summed E-state index contributed by atoms with van der Waals surface area (Å²) < 4.78 is 5.64. The van der Waals surface area contributed by atoms with Crippen molar-refractivity contribution in [2.24, 2.45) is 5.92 Å². The number of aliphatic hydroxyl groups excluding tert-OH is 1. The van der Waals surface area contributed by atoms with Crippen molar-refractivity contribution in [3.63, 3.8) is 0 Å². The monoisotopic (exact) mass is 299 g/mol. The SMILES string of the molecule is CC(C)[C@@H](O)CC(=O)NC[C@H](C)Oc1ccc(Cl)cc1. The van der Waals surface area contributed by atoms with Crippen LogP contribution in [0.5, 0.6) is 5.75 Å². The number of nitrogens with one attached hydrogen (secondary N) is 1. The van der Waals surface area contributed by atoms with Crippen LogP contribution in [0.3, 0.4) is 0 Å². The first kappa shape index (κ1) is 16.8. The quantitative estimate of drug-likeness (QED) is 0.814. The summed E-state index contributed by atoms with van der Waals surface area (Å²) in [4.78, 5) is 11.6. The third-order valence-corrected chi connectivity index (χ3v) is 3.15. The first-order chi connectivity index (χ1) is 9.38. The Labute approximate surface area is 125 Å². The highest BCUT2D eigenvalue weighted by Gasteiger charge is 2.15. The lowest BCUT2D eigenvalue weighted by atomic mass is 10.0. The van der Waals surface area contributed by atoms with Gasteiger partial charge in [0.25, 0.3) is 0 Å². The van der Waals surface area contributed by atoms with Crippen LogP contribution in [0.25, 0.3) is 0 Å². The number of hydrogen-bond acceptors (Lipinski definition) is 3. The lowest BCUT2D eigenvalue weighted by molar-refractivity contribution is -0.123. The van der Waals surface area contributed by atoms with Crippen LogP contribution in [0.2, 0.25) is 5.02 Å². The number of amides is 1. The number of halogens is 1. The highest BCUT2D eigenvalue weighted by molar-refractivity contribution is 6.30. The molecule has 2 atom stereocenters. The molecule has 0 bridgehead atoms. The summed E-state index contributed by atoms with van der Waals surface area (Å²) in [6.45, 7) is 6.02. The van der Waals surface area contributed by atoms with Crippen molar-refractivity contribution < 1.29 is 14.6 Å². The van der Waals surface area contributed by atoms with Crippen LogP contribution in [-0.2, 0) is 4.79 Å². The molecule has 2 N–H and O–H groups in total. The van der Waals surface area contributed by atoms with Crippen LogP contribution in [-0.4, -0.2) is 29.8 Å². The van der Waals surface area contributed by atoms with Gasteiger partial charge in [0.05, 0.1) is 19.1 Å². The summed E-state index contributed by atoms with van der Waals surface area (Å²) in [5.74, 6) is 0.611. The molecule has 0 unspecified atom stereocenters. The molecule has 5 heteroatoms. The summed E-state index contributed by atoms with van der Waals surface area (Å²) >= 11 is 5.79. The van der Waals surface area contributed by atoms with Crippen LogP contribution in [0, 0.1) is 5.92 Å². The zero-order chi connectivity index (χ0) is 15.1. The van der Waals surface area contributed by atoms with Gasteiger partial charge < -0.3 is 15.2 Å². The van der Waals surface area contributed by atoms with E-state index in [1.807, 2.05) is 20.8 Å². The van der Waals surface area contributed by atoms with E-state index in [1.54, 1.807) is 24.3 Å². The Bertz CT molecular complexity index is 420. The van der Waals surface area contributed by atoms with Crippen LogP contribution in [0.1, 0.15) is 27.2 Å². The number of benzene rings is 1. The molecule has 1 aromatic rings. The predicted molar refractivity (Wildman–Crippen MR) is 80.0 cm³/mol. The summed E-state index contributed by atoms with van der Waals surface area (Å²) in [7, 11) is 0. The normalized spacial score (nSPS) is 13.9. The number of rotatable bonds is 7. The Morgan fingerprint density at radius 2 is 1.90 bits per heavy atom. The second-order valence-corrected chi connectivity index (χ2v) is 5.64. The summed E-state index contributed by atoms with van der Waals surface area (Å²) in [5.41, 5.74) is 0. The maximum atomic E-state index is 11.6. The number of ether oxygens (including phenoxy) is 1. The molecule has 0 aliphatic rings. The average molecular weight is 300 g/mol. The van der Waals surface area contributed by atoms with Gasteiger partial charge in [-0.05, 0) is 37.1 Å². The van der Waals surface area contributed by atoms with Crippen LogP contribution < -0.4 is 10.1 Å². The molecule has 0 aromatic heterocycles. The van der Waals surface area contributed by atoms with E-state index in [-0.39, 0.29) is 24.3 Å². The first-order valence-corrected chi connectivity index (χ1v) is 7.13. The summed E-state index contributed by atoms with van der Waals surface area (Å²) in [6, 6.07) is 7.06. The van der Waals surface area contributed by atoms with Crippen molar-refractivity contribution in [2.45, 2.75) is 39.4 Å². The smallest absolute Gasteiger partial charge is 0.222 e. The number of carbonyl (C=O) groups excluding carboxylic acids is 1. The second kappa shape index (κ2) is 8.12. The summed E-state index contributed by atoms with van der Waals surface area (Å²) in [5, 5.41) is 13.0. The highest BCUT2D eigenvalue weighted by Crippen LogP contribution is 2.16. The van der Waals surface area contributed by atoms with Crippen molar-refractivity contribution >= 4 is 17.5 Å². The third kappa shape index (κ3) is 6.26. The Morgan fingerprint density at radius 3 is 2.45 bits per heavy atom. The molecule has 0 fully saturated rings. The molecule has 0 spiro atoms. The van der Waals surface area contributed by atoms with Crippen molar-refractivity contribution in [3.8, 4) is 5.75 Å². The molecule has 0 aliphatic heterocycles. The van der Waals surface area contributed by atoms with Gasteiger partial charge in [-0.1, -0.05) is 25.4 Å². The van der Waals surface area contributed by atoms with Crippen molar-refractivity contribution in [2.75, 3.05) is 6.54 Å². The van der Waals surface area contributed by atoms with E-state index >= 15 is 0 Å². The first-order valence-electron chi connectivity index (χ1n) is 6.75. The van der Waals surface area contributed by atoms with Gasteiger partial charge in [-0.3, -0.25) is 4.79 Å². The Hall–Kier alpha value is -1.26. The standard InChI is InChI=1S/C15H22ClNO3/c1-10(2)14(18)8-15(19)17-9-11(3)20-13-6-4-12(16)5-7-13/h4-7,10-11,14,18H,8-9H2,1-3H3,(H,17,19)/t11-,14-/m0/s1. The minimum absolute atomic E-state index is 0.0727. The molecule has 0 radical (unpaired) electrons. The fraction of sp³-hybridized carbons (Fsp3) is 0.533. The number of aliphatic hydroxyl groups is 1. The van der Waals surface area contributed by atoms with Crippen LogP contribution in [0.4, 0.5) is 0 Å². The Kier molecular flexibility index (Phi) is 6.82. The van der Waals surface area contributed by atoms with Gasteiger partial charge in [0.1, 0.15) is 11.9 Å². The van der Waals surface area contributed by atoms with E-state index in [2.05, 4.69) is 5.32 Å². The van der Waals surface area contributed by atoms with E-state index in [9.17, 15) is 9.90 Å². The molecule has 1 aromatic carbocycles. The topological polar surface area (TPSA) is 58.6 Å².